The summed E-state index contributed by atoms with van der Waals surface area (Å²) >= 11 is 0. The highest BCUT2D eigenvalue weighted by molar-refractivity contribution is 5.30. The molecule has 1 aromatic carbocycles. The highest BCUT2D eigenvalue weighted by Gasteiger charge is 2.07. The van der Waals surface area contributed by atoms with Gasteiger partial charge in [0.15, 0.2) is 11.6 Å². The molecule has 0 aliphatic carbocycles. The Morgan fingerprint density at radius 1 is 1.56 bits per heavy atom. The molecule has 1 unspecified atom stereocenters. The van der Waals surface area contributed by atoms with Crippen molar-refractivity contribution in [3.05, 3.63) is 41.7 Å². The largest absolute Gasteiger partial charge is 0.490 e. The van der Waals surface area contributed by atoms with Crippen LogP contribution in [0.5, 0.6) is 5.75 Å². The van der Waals surface area contributed by atoms with Crippen LogP contribution in [0.4, 0.5) is 4.39 Å². The van der Waals surface area contributed by atoms with Gasteiger partial charge in [-0.25, -0.2) is 4.39 Å². The molecule has 0 fully saturated rings. The van der Waals surface area contributed by atoms with Crippen molar-refractivity contribution in [2.75, 3.05) is 6.61 Å². The number of rotatable bonds is 5. The first kappa shape index (κ1) is 12.7. The molecular formula is C13H17FO2. The summed E-state index contributed by atoms with van der Waals surface area (Å²) in [7, 11) is 0. The van der Waals surface area contributed by atoms with Crippen LogP contribution in [0, 0.1) is 5.82 Å². The van der Waals surface area contributed by atoms with Crippen LogP contribution in [0.2, 0.25) is 0 Å². The van der Waals surface area contributed by atoms with Gasteiger partial charge in [0.2, 0.25) is 0 Å². The summed E-state index contributed by atoms with van der Waals surface area (Å²) in [4.78, 5) is 0. The first-order valence-corrected chi connectivity index (χ1v) is 5.25. The molecule has 0 saturated carbocycles. The van der Waals surface area contributed by atoms with Crippen LogP contribution < -0.4 is 4.74 Å². The van der Waals surface area contributed by atoms with Crippen molar-refractivity contribution in [2.45, 2.75) is 26.4 Å². The summed E-state index contributed by atoms with van der Waals surface area (Å²) in [5.41, 5.74) is 1.55. The maximum absolute atomic E-state index is 13.5. The lowest BCUT2D eigenvalue weighted by molar-refractivity contribution is 0.198. The Hall–Kier alpha value is -1.35. The van der Waals surface area contributed by atoms with Gasteiger partial charge in [-0.1, -0.05) is 11.6 Å². The van der Waals surface area contributed by atoms with Crippen molar-refractivity contribution in [3.8, 4) is 5.75 Å². The Labute approximate surface area is 95.4 Å². The molecule has 3 heteroatoms. The zero-order chi connectivity index (χ0) is 12.1. The summed E-state index contributed by atoms with van der Waals surface area (Å²) in [5, 5.41) is 9.27. The van der Waals surface area contributed by atoms with Crippen LogP contribution in [-0.4, -0.2) is 11.7 Å². The topological polar surface area (TPSA) is 29.5 Å². The average molecular weight is 224 g/mol. The third-order valence-electron chi connectivity index (χ3n) is 2.22. The molecule has 0 saturated heterocycles. The fourth-order valence-electron chi connectivity index (χ4n) is 1.23. The molecule has 0 amide bonds. The van der Waals surface area contributed by atoms with Gasteiger partial charge < -0.3 is 9.84 Å². The van der Waals surface area contributed by atoms with Crippen LogP contribution in [-0.2, 0) is 0 Å². The average Bonchev–Trinajstić information content (AvgIpc) is 2.19. The Bertz CT molecular complexity index is 372. The van der Waals surface area contributed by atoms with Crippen molar-refractivity contribution in [1.29, 1.82) is 0 Å². The quantitative estimate of drug-likeness (QED) is 0.778. The van der Waals surface area contributed by atoms with E-state index in [4.69, 9.17) is 4.74 Å². The fraction of sp³-hybridized carbons (Fsp3) is 0.385. The van der Waals surface area contributed by atoms with Crippen LogP contribution in [0.1, 0.15) is 31.9 Å². The molecule has 0 aliphatic rings. The molecule has 0 aromatic heterocycles. The van der Waals surface area contributed by atoms with E-state index >= 15 is 0 Å². The second-order valence-corrected chi connectivity index (χ2v) is 3.92. The van der Waals surface area contributed by atoms with Crippen molar-refractivity contribution in [1.82, 2.24) is 0 Å². The van der Waals surface area contributed by atoms with E-state index in [0.717, 1.165) is 5.57 Å². The Kier molecular flexibility index (Phi) is 4.50. The summed E-state index contributed by atoms with van der Waals surface area (Å²) in [5.74, 6) is -0.231. The van der Waals surface area contributed by atoms with E-state index < -0.39 is 11.9 Å². The van der Waals surface area contributed by atoms with Crippen LogP contribution in [0.3, 0.4) is 0 Å². The predicted molar refractivity (Wildman–Crippen MR) is 62.0 cm³/mol. The van der Waals surface area contributed by atoms with Crippen LogP contribution in [0.25, 0.3) is 0 Å². The first-order valence-electron chi connectivity index (χ1n) is 5.25. The summed E-state index contributed by atoms with van der Waals surface area (Å²) in [6.45, 7) is 7.65. The maximum atomic E-state index is 13.5. The number of benzene rings is 1. The summed E-state index contributed by atoms with van der Waals surface area (Å²) < 4.78 is 18.7. The number of hydrogen-bond donors (Lipinski definition) is 1. The Morgan fingerprint density at radius 3 is 2.75 bits per heavy atom. The van der Waals surface area contributed by atoms with E-state index in [1.807, 2.05) is 6.92 Å². The van der Waals surface area contributed by atoms with E-state index in [9.17, 15) is 9.50 Å². The van der Waals surface area contributed by atoms with Gasteiger partial charge in [-0.05, 0) is 31.5 Å². The molecule has 1 N–H and O–H groups in total. The Balaban J connectivity index is 2.64. The summed E-state index contributed by atoms with van der Waals surface area (Å²) in [6, 6.07) is 4.49. The molecule has 0 bridgehead atoms. The van der Waals surface area contributed by atoms with Gasteiger partial charge in [-0.15, -0.1) is 6.58 Å². The monoisotopic (exact) mass is 224 g/mol. The standard InChI is InChI=1S/C13H17FO2/c1-9(2)6-7-16-13-5-4-11(10(3)15)8-12(13)14/h4-5,8,10,15H,1,6-7H2,2-3H3. The second-order valence-electron chi connectivity index (χ2n) is 3.92. The third kappa shape index (κ3) is 3.66. The zero-order valence-corrected chi connectivity index (χ0v) is 9.66. The molecular weight excluding hydrogens is 207 g/mol. The predicted octanol–water partition coefficient (Wildman–Crippen LogP) is 3.22. The van der Waals surface area contributed by atoms with Crippen LogP contribution in [0.15, 0.2) is 30.4 Å². The van der Waals surface area contributed by atoms with Gasteiger partial charge in [0.05, 0.1) is 12.7 Å². The number of aliphatic hydroxyl groups excluding tert-OH is 1. The molecule has 16 heavy (non-hydrogen) atoms. The van der Waals surface area contributed by atoms with Gasteiger partial charge in [-0.3, -0.25) is 0 Å². The lowest BCUT2D eigenvalue weighted by Crippen LogP contribution is -2.00. The lowest BCUT2D eigenvalue weighted by atomic mass is 10.1. The molecule has 88 valence electrons. The first-order chi connectivity index (χ1) is 7.50. The summed E-state index contributed by atoms with van der Waals surface area (Å²) in [6.07, 6.45) is 0.0383. The van der Waals surface area contributed by atoms with E-state index in [2.05, 4.69) is 6.58 Å². The number of aliphatic hydroxyl groups is 1. The molecule has 0 aliphatic heterocycles. The van der Waals surface area contributed by atoms with Gasteiger partial charge in [-0.2, -0.15) is 0 Å². The number of halogens is 1. The van der Waals surface area contributed by atoms with E-state index in [0.29, 0.717) is 18.6 Å². The van der Waals surface area contributed by atoms with Crippen molar-refractivity contribution >= 4 is 0 Å². The Morgan fingerprint density at radius 2 is 2.25 bits per heavy atom. The third-order valence-corrected chi connectivity index (χ3v) is 2.22. The van der Waals surface area contributed by atoms with Crippen molar-refractivity contribution in [3.63, 3.8) is 0 Å². The van der Waals surface area contributed by atoms with Crippen molar-refractivity contribution < 1.29 is 14.2 Å². The molecule has 1 aromatic rings. The highest BCUT2D eigenvalue weighted by Crippen LogP contribution is 2.22. The van der Waals surface area contributed by atoms with E-state index in [-0.39, 0.29) is 5.75 Å². The highest BCUT2D eigenvalue weighted by atomic mass is 19.1. The van der Waals surface area contributed by atoms with E-state index in [1.165, 1.54) is 12.1 Å². The minimum atomic E-state index is -0.668. The van der Waals surface area contributed by atoms with Gasteiger partial charge in [0, 0.05) is 6.42 Å². The maximum Gasteiger partial charge on any atom is 0.165 e. The zero-order valence-electron chi connectivity index (χ0n) is 9.66. The minimum absolute atomic E-state index is 0.214. The van der Waals surface area contributed by atoms with E-state index in [1.54, 1.807) is 13.0 Å². The molecule has 0 radical (unpaired) electrons. The van der Waals surface area contributed by atoms with Crippen LogP contribution >= 0.6 is 0 Å². The molecule has 0 spiro atoms. The molecule has 1 rings (SSSR count). The number of hydrogen-bond acceptors (Lipinski definition) is 2. The van der Waals surface area contributed by atoms with Crippen molar-refractivity contribution in [2.24, 2.45) is 0 Å². The second kappa shape index (κ2) is 5.66. The normalized spacial score (nSPS) is 12.2. The minimum Gasteiger partial charge on any atom is -0.490 e. The molecule has 1 atom stereocenters. The van der Waals surface area contributed by atoms with Gasteiger partial charge in [0.25, 0.3) is 0 Å². The smallest absolute Gasteiger partial charge is 0.165 e. The fourth-order valence-corrected chi connectivity index (χ4v) is 1.23. The van der Waals surface area contributed by atoms with Gasteiger partial charge in [0.1, 0.15) is 0 Å². The van der Waals surface area contributed by atoms with Gasteiger partial charge >= 0.3 is 0 Å². The number of ether oxygens (including phenoxy) is 1. The molecule has 0 heterocycles. The molecule has 2 nitrogen and oxygen atoms in total. The lowest BCUT2D eigenvalue weighted by Gasteiger charge is -2.09. The SMILES string of the molecule is C=C(C)CCOc1ccc(C(C)O)cc1F.